The summed E-state index contributed by atoms with van der Waals surface area (Å²) in [6.07, 6.45) is 2.35. The third-order valence-electron chi connectivity index (χ3n) is 7.49. The van der Waals surface area contributed by atoms with E-state index in [4.69, 9.17) is 26.8 Å². The Kier molecular flexibility index (Phi) is 7.91. The van der Waals surface area contributed by atoms with Crippen LogP contribution in [0.1, 0.15) is 44.2 Å². The molecule has 0 bridgehead atoms. The molecule has 190 valence electrons. The molecule has 1 atom stereocenters. The number of rotatable bonds is 10. The fourth-order valence-corrected chi connectivity index (χ4v) is 5.41. The lowest BCUT2D eigenvalue weighted by molar-refractivity contribution is -0.122. The summed E-state index contributed by atoms with van der Waals surface area (Å²) in [5.41, 5.74) is 6.97. The number of hydrogen-bond acceptors (Lipinski definition) is 4. The second-order valence-electron chi connectivity index (χ2n) is 10.1. The van der Waals surface area contributed by atoms with E-state index in [0.717, 1.165) is 37.1 Å². The molecule has 5 nitrogen and oxygen atoms in total. The Labute approximate surface area is 219 Å². The van der Waals surface area contributed by atoms with Crippen LogP contribution < -0.4 is 15.2 Å². The van der Waals surface area contributed by atoms with Crippen LogP contribution >= 0.6 is 11.6 Å². The van der Waals surface area contributed by atoms with E-state index in [2.05, 4.69) is 18.7 Å². The molecule has 0 aliphatic carbocycles. The third kappa shape index (κ3) is 5.37. The molecule has 1 aliphatic heterocycles. The summed E-state index contributed by atoms with van der Waals surface area (Å²) in [6, 6.07) is 25.2. The van der Waals surface area contributed by atoms with Gasteiger partial charge in [-0.1, -0.05) is 72.3 Å². The van der Waals surface area contributed by atoms with Gasteiger partial charge in [-0.25, -0.2) is 0 Å². The van der Waals surface area contributed by atoms with Crippen molar-refractivity contribution in [2.45, 2.75) is 50.2 Å². The molecule has 4 rings (SSSR count). The van der Waals surface area contributed by atoms with Gasteiger partial charge < -0.3 is 15.2 Å². The van der Waals surface area contributed by atoms with Crippen molar-refractivity contribution in [2.75, 3.05) is 20.2 Å². The van der Waals surface area contributed by atoms with Gasteiger partial charge in [-0.2, -0.15) is 0 Å². The minimum atomic E-state index is -0.897. The van der Waals surface area contributed by atoms with Crippen molar-refractivity contribution in [3.05, 3.63) is 95.0 Å². The summed E-state index contributed by atoms with van der Waals surface area (Å²) in [6.45, 7) is 6.17. The van der Waals surface area contributed by atoms with Crippen molar-refractivity contribution in [3.63, 3.8) is 0 Å². The molecule has 1 amide bonds. The molecule has 0 aromatic heterocycles. The number of hydrogen-bond donors (Lipinski definition) is 1. The van der Waals surface area contributed by atoms with Crippen LogP contribution in [-0.2, 0) is 10.2 Å². The number of nitrogens with two attached hydrogens (primary N) is 1. The number of carbonyl (C=O) groups excluding carboxylic acids is 1. The van der Waals surface area contributed by atoms with Gasteiger partial charge in [0.05, 0.1) is 12.5 Å². The second kappa shape index (κ2) is 10.9. The molecule has 1 fully saturated rings. The van der Waals surface area contributed by atoms with Gasteiger partial charge in [0.15, 0.2) is 11.5 Å². The Morgan fingerprint density at radius 1 is 0.972 bits per heavy atom. The molecule has 6 heteroatoms. The molecule has 1 heterocycles. The highest BCUT2D eigenvalue weighted by Gasteiger charge is 2.43. The van der Waals surface area contributed by atoms with Crippen molar-refractivity contribution >= 4 is 17.5 Å². The fourth-order valence-electron chi connectivity index (χ4n) is 5.25. The van der Waals surface area contributed by atoms with Crippen LogP contribution in [0.5, 0.6) is 11.5 Å². The number of halogens is 1. The first-order valence-electron chi connectivity index (χ1n) is 12.4. The molecule has 1 saturated heterocycles. The summed E-state index contributed by atoms with van der Waals surface area (Å²) >= 11 is 6.10. The van der Waals surface area contributed by atoms with E-state index in [1.807, 2.05) is 72.8 Å². The average Bonchev–Trinajstić information content (AvgIpc) is 3.36. The van der Waals surface area contributed by atoms with E-state index in [-0.39, 0.29) is 17.6 Å². The van der Waals surface area contributed by atoms with Gasteiger partial charge in [-0.15, -0.1) is 0 Å². The largest absolute Gasteiger partial charge is 0.493 e. The van der Waals surface area contributed by atoms with Gasteiger partial charge in [0.2, 0.25) is 5.91 Å². The Bertz CT molecular complexity index is 1130. The lowest BCUT2D eigenvalue weighted by Gasteiger charge is -2.40. The number of benzene rings is 3. The molecule has 0 unspecified atom stereocenters. The zero-order valence-electron chi connectivity index (χ0n) is 21.2. The summed E-state index contributed by atoms with van der Waals surface area (Å²) in [7, 11) is 1.62. The SMILES string of the molecule is COc1cc(Cl)ccc1O[C@H]1CCN(C(C)(C)CCC(C(N)=O)(c2ccccc2)c2ccccc2)C1. The Morgan fingerprint density at radius 3 is 2.14 bits per heavy atom. The lowest BCUT2D eigenvalue weighted by atomic mass is 9.69. The first kappa shape index (κ1) is 26.1. The molecule has 36 heavy (non-hydrogen) atoms. The number of carbonyl (C=O) groups is 1. The summed E-state index contributed by atoms with van der Waals surface area (Å²) in [4.78, 5) is 15.6. The number of methoxy groups -OCH3 is 1. The minimum Gasteiger partial charge on any atom is -0.493 e. The smallest absolute Gasteiger partial charge is 0.232 e. The highest BCUT2D eigenvalue weighted by Crippen LogP contribution is 2.40. The van der Waals surface area contributed by atoms with Gasteiger partial charge >= 0.3 is 0 Å². The van der Waals surface area contributed by atoms with Crippen LogP contribution in [0.25, 0.3) is 0 Å². The van der Waals surface area contributed by atoms with E-state index >= 15 is 0 Å². The van der Waals surface area contributed by atoms with Gasteiger partial charge in [0.25, 0.3) is 0 Å². The van der Waals surface area contributed by atoms with Crippen molar-refractivity contribution < 1.29 is 14.3 Å². The zero-order valence-corrected chi connectivity index (χ0v) is 22.0. The Morgan fingerprint density at radius 2 is 1.58 bits per heavy atom. The van der Waals surface area contributed by atoms with Gasteiger partial charge in [-0.05, 0) is 56.4 Å². The molecule has 0 spiro atoms. The molecule has 3 aromatic carbocycles. The highest BCUT2D eigenvalue weighted by atomic mass is 35.5. The summed E-state index contributed by atoms with van der Waals surface area (Å²) in [5.74, 6) is 1.01. The Balaban J connectivity index is 1.52. The molecule has 0 saturated carbocycles. The molecular weight excluding hydrogens is 472 g/mol. The number of ether oxygens (including phenoxy) is 2. The van der Waals surface area contributed by atoms with Gasteiger partial charge in [0.1, 0.15) is 6.10 Å². The molecule has 0 radical (unpaired) electrons. The number of nitrogens with zero attached hydrogens (tertiary/aromatic N) is 1. The second-order valence-corrected chi connectivity index (χ2v) is 10.5. The molecule has 1 aliphatic rings. The van der Waals surface area contributed by atoms with Crippen LogP contribution in [-0.4, -0.2) is 42.6 Å². The van der Waals surface area contributed by atoms with E-state index in [1.54, 1.807) is 13.2 Å². The van der Waals surface area contributed by atoms with Crippen LogP contribution in [0.4, 0.5) is 0 Å². The number of amides is 1. The quantitative estimate of drug-likeness (QED) is 0.375. The van der Waals surface area contributed by atoms with Gasteiger partial charge in [-0.3, -0.25) is 9.69 Å². The summed E-state index contributed by atoms with van der Waals surface area (Å²) < 4.78 is 11.7. The highest BCUT2D eigenvalue weighted by molar-refractivity contribution is 6.30. The minimum absolute atomic E-state index is 0.0449. The predicted molar refractivity (Wildman–Crippen MR) is 145 cm³/mol. The molecule has 2 N–H and O–H groups in total. The topological polar surface area (TPSA) is 64.8 Å². The third-order valence-corrected chi connectivity index (χ3v) is 7.72. The van der Waals surface area contributed by atoms with Crippen LogP contribution in [0.3, 0.4) is 0 Å². The first-order chi connectivity index (χ1) is 17.3. The van der Waals surface area contributed by atoms with E-state index < -0.39 is 5.41 Å². The first-order valence-corrected chi connectivity index (χ1v) is 12.8. The maximum atomic E-state index is 13.2. The van der Waals surface area contributed by atoms with Crippen molar-refractivity contribution in [1.82, 2.24) is 4.90 Å². The van der Waals surface area contributed by atoms with Crippen molar-refractivity contribution in [1.29, 1.82) is 0 Å². The van der Waals surface area contributed by atoms with Crippen LogP contribution in [0.15, 0.2) is 78.9 Å². The van der Waals surface area contributed by atoms with E-state index in [9.17, 15) is 4.79 Å². The van der Waals surface area contributed by atoms with Crippen LogP contribution in [0, 0.1) is 0 Å². The van der Waals surface area contributed by atoms with E-state index in [0.29, 0.717) is 22.9 Å². The number of likely N-dealkylation sites (tertiary alicyclic amines) is 1. The maximum Gasteiger partial charge on any atom is 0.232 e. The number of primary amides is 1. The maximum absolute atomic E-state index is 13.2. The van der Waals surface area contributed by atoms with Crippen LogP contribution in [0.2, 0.25) is 5.02 Å². The molecular formula is C30H35ClN2O3. The average molecular weight is 507 g/mol. The lowest BCUT2D eigenvalue weighted by Crippen LogP contribution is -2.47. The summed E-state index contributed by atoms with van der Waals surface area (Å²) in [5, 5.41) is 0.614. The standard InChI is InChI=1S/C30H35ClN2O3/c1-29(2,33-19-16-25(21-33)36-26-15-14-24(31)20-27(26)35-3)17-18-30(28(32)34,22-10-6-4-7-11-22)23-12-8-5-9-13-23/h4-15,20,25H,16-19,21H2,1-3H3,(H2,32,34)/t25-/m0/s1. The zero-order chi connectivity index (χ0) is 25.8. The van der Waals surface area contributed by atoms with E-state index in [1.165, 1.54) is 0 Å². The van der Waals surface area contributed by atoms with Gasteiger partial charge in [0, 0.05) is 29.7 Å². The normalized spacial score (nSPS) is 16.6. The molecule has 3 aromatic rings. The monoisotopic (exact) mass is 506 g/mol. The fraction of sp³-hybridized carbons (Fsp3) is 0.367. The predicted octanol–water partition coefficient (Wildman–Crippen LogP) is 5.83. The van der Waals surface area contributed by atoms with Crippen molar-refractivity contribution in [3.8, 4) is 11.5 Å². The van der Waals surface area contributed by atoms with Crippen molar-refractivity contribution in [2.24, 2.45) is 5.73 Å². The Hall–Kier alpha value is -3.02.